The Kier molecular flexibility index (Phi) is 2.99. The van der Waals surface area contributed by atoms with Crippen molar-refractivity contribution in [2.75, 3.05) is 0 Å². The SMILES string of the molecule is CCn1cc(Oc2nccnc2C(=O)O)cn1. The predicted molar refractivity (Wildman–Crippen MR) is 57.0 cm³/mol. The topological polar surface area (TPSA) is 90.1 Å². The molecule has 0 aromatic carbocycles. The Morgan fingerprint density at radius 3 is 2.88 bits per heavy atom. The Morgan fingerprint density at radius 2 is 2.24 bits per heavy atom. The summed E-state index contributed by atoms with van der Waals surface area (Å²) >= 11 is 0. The minimum atomic E-state index is -1.18. The van der Waals surface area contributed by atoms with E-state index < -0.39 is 5.97 Å². The Balaban J connectivity index is 2.26. The number of aryl methyl sites for hydroxylation is 1. The zero-order valence-electron chi connectivity index (χ0n) is 9.07. The van der Waals surface area contributed by atoms with Crippen molar-refractivity contribution in [2.45, 2.75) is 13.5 Å². The maximum absolute atomic E-state index is 10.9. The Labute approximate surface area is 96.7 Å². The van der Waals surface area contributed by atoms with E-state index in [1.54, 1.807) is 10.9 Å². The van der Waals surface area contributed by atoms with E-state index in [0.717, 1.165) is 0 Å². The van der Waals surface area contributed by atoms with Gasteiger partial charge in [-0.15, -0.1) is 0 Å². The van der Waals surface area contributed by atoms with Crippen LogP contribution in [0.1, 0.15) is 17.4 Å². The average molecular weight is 234 g/mol. The predicted octanol–water partition coefficient (Wildman–Crippen LogP) is 1.18. The number of carbonyl (C=O) groups is 1. The van der Waals surface area contributed by atoms with Crippen molar-refractivity contribution in [3.8, 4) is 11.6 Å². The van der Waals surface area contributed by atoms with Crippen molar-refractivity contribution in [2.24, 2.45) is 0 Å². The van der Waals surface area contributed by atoms with Gasteiger partial charge in [-0.05, 0) is 6.92 Å². The molecule has 0 unspecified atom stereocenters. The quantitative estimate of drug-likeness (QED) is 0.854. The van der Waals surface area contributed by atoms with Crippen LogP contribution in [-0.4, -0.2) is 30.8 Å². The van der Waals surface area contributed by atoms with Gasteiger partial charge in [0.05, 0.1) is 12.4 Å². The normalized spacial score (nSPS) is 10.2. The van der Waals surface area contributed by atoms with Crippen LogP contribution < -0.4 is 4.74 Å². The molecular formula is C10H10N4O3. The first-order chi connectivity index (χ1) is 8.20. The van der Waals surface area contributed by atoms with Crippen LogP contribution in [0.3, 0.4) is 0 Å². The highest BCUT2D eigenvalue weighted by Gasteiger charge is 2.15. The highest BCUT2D eigenvalue weighted by Crippen LogP contribution is 2.20. The van der Waals surface area contributed by atoms with E-state index in [1.807, 2.05) is 6.92 Å². The lowest BCUT2D eigenvalue weighted by Crippen LogP contribution is -2.04. The van der Waals surface area contributed by atoms with Gasteiger partial charge in [0, 0.05) is 18.9 Å². The third kappa shape index (κ3) is 2.39. The molecule has 0 aliphatic carbocycles. The highest BCUT2D eigenvalue weighted by atomic mass is 16.5. The van der Waals surface area contributed by atoms with Crippen molar-refractivity contribution >= 4 is 5.97 Å². The second-order valence-corrected chi connectivity index (χ2v) is 3.15. The molecule has 0 spiro atoms. The Hall–Kier alpha value is -2.44. The van der Waals surface area contributed by atoms with Crippen molar-refractivity contribution in [1.29, 1.82) is 0 Å². The molecule has 0 aliphatic heterocycles. The van der Waals surface area contributed by atoms with E-state index in [2.05, 4.69) is 15.1 Å². The molecule has 0 bridgehead atoms. The highest BCUT2D eigenvalue weighted by molar-refractivity contribution is 5.87. The number of hydrogen-bond acceptors (Lipinski definition) is 5. The van der Waals surface area contributed by atoms with Gasteiger partial charge in [0.1, 0.15) is 0 Å². The molecule has 1 N–H and O–H groups in total. The monoisotopic (exact) mass is 234 g/mol. The van der Waals surface area contributed by atoms with Crippen LogP contribution >= 0.6 is 0 Å². The van der Waals surface area contributed by atoms with Crippen LogP contribution in [0.4, 0.5) is 0 Å². The molecule has 0 fully saturated rings. The molecule has 17 heavy (non-hydrogen) atoms. The second kappa shape index (κ2) is 4.60. The van der Waals surface area contributed by atoms with E-state index in [1.165, 1.54) is 18.6 Å². The van der Waals surface area contributed by atoms with Gasteiger partial charge in [-0.3, -0.25) is 4.68 Å². The van der Waals surface area contributed by atoms with E-state index in [4.69, 9.17) is 9.84 Å². The minimum absolute atomic E-state index is 0.0457. The summed E-state index contributed by atoms with van der Waals surface area (Å²) in [6.45, 7) is 2.64. The standard InChI is InChI=1S/C10H10N4O3/c1-2-14-6-7(5-13-14)17-9-8(10(15)16)11-3-4-12-9/h3-6H,2H2,1H3,(H,15,16). The maximum atomic E-state index is 10.9. The summed E-state index contributed by atoms with van der Waals surface area (Å²) < 4.78 is 6.97. The number of nitrogens with zero attached hydrogens (tertiary/aromatic N) is 4. The molecular weight excluding hydrogens is 224 g/mol. The fourth-order valence-corrected chi connectivity index (χ4v) is 1.23. The van der Waals surface area contributed by atoms with Crippen LogP contribution in [0.2, 0.25) is 0 Å². The summed E-state index contributed by atoms with van der Waals surface area (Å²) in [7, 11) is 0. The molecule has 0 saturated carbocycles. The Bertz CT molecular complexity index is 538. The molecule has 0 atom stereocenters. The van der Waals surface area contributed by atoms with Crippen LogP contribution in [0.15, 0.2) is 24.8 Å². The van der Waals surface area contributed by atoms with Gasteiger partial charge in [0.25, 0.3) is 5.88 Å². The van der Waals surface area contributed by atoms with Crippen molar-refractivity contribution in [3.63, 3.8) is 0 Å². The first-order valence-corrected chi connectivity index (χ1v) is 4.95. The fraction of sp³-hybridized carbons (Fsp3) is 0.200. The summed E-state index contributed by atoms with van der Waals surface area (Å²) in [5, 5.41) is 12.9. The lowest BCUT2D eigenvalue weighted by atomic mass is 10.4. The first kappa shape index (κ1) is 11.1. The molecule has 0 aliphatic rings. The molecule has 7 heteroatoms. The molecule has 2 aromatic rings. The molecule has 0 amide bonds. The zero-order valence-corrected chi connectivity index (χ0v) is 9.07. The van der Waals surface area contributed by atoms with Gasteiger partial charge in [-0.25, -0.2) is 14.8 Å². The van der Waals surface area contributed by atoms with Gasteiger partial charge in [-0.2, -0.15) is 5.10 Å². The van der Waals surface area contributed by atoms with Gasteiger partial charge < -0.3 is 9.84 Å². The largest absolute Gasteiger partial charge is 0.476 e. The lowest BCUT2D eigenvalue weighted by molar-refractivity contribution is 0.0686. The third-order valence-corrected chi connectivity index (χ3v) is 2.02. The van der Waals surface area contributed by atoms with Crippen molar-refractivity contribution in [1.82, 2.24) is 19.7 Å². The number of hydrogen-bond donors (Lipinski definition) is 1. The van der Waals surface area contributed by atoms with Gasteiger partial charge in [-0.1, -0.05) is 0 Å². The maximum Gasteiger partial charge on any atom is 0.360 e. The summed E-state index contributed by atoms with van der Waals surface area (Å²) in [5.41, 5.74) is -0.225. The van der Waals surface area contributed by atoms with Crippen LogP contribution in [-0.2, 0) is 6.54 Å². The van der Waals surface area contributed by atoms with Gasteiger partial charge in [0.15, 0.2) is 5.75 Å². The number of aromatic nitrogens is 4. The summed E-state index contributed by atoms with van der Waals surface area (Å²) in [6.07, 6.45) is 5.81. The molecule has 0 saturated heterocycles. The van der Waals surface area contributed by atoms with Gasteiger partial charge in [0.2, 0.25) is 5.69 Å². The van der Waals surface area contributed by atoms with E-state index in [-0.39, 0.29) is 11.6 Å². The summed E-state index contributed by atoms with van der Waals surface area (Å²) in [4.78, 5) is 18.4. The van der Waals surface area contributed by atoms with Gasteiger partial charge >= 0.3 is 5.97 Å². The van der Waals surface area contributed by atoms with Crippen LogP contribution in [0.5, 0.6) is 11.6 Å². The molecule has 2 aromatic heterocycles. The van der Waals surface area contributed by atoms with E-state index in [0.29, 0.717) is 12.3 Å². The average Bonchev–Trinajstić information content (AvgIpc) is 2.77. The first-order valence-electron chi connectivity index (χ1n) is 4.95. The summed E-state index contributed by atoms with van der Waals surface area (Å²) in [6, 6.07) is 0. The third-order valence-electron chi connectivity index (χ3n) is 2.02. The lowest BCUT2D eigenvalue weighted by Gasteiger charge is -2.03. The molecule has 88 valence electrons. The fourth-order valence-electron chi connectivity index (χ4n) is 1.23. The molecule has 7 nitrogen and oxygen atoms in total. The molecule has 0 radical (unpaired) electrons. The summed E-state index contributed by atoms with van der Waals surface area (Å²) in [5.74, 6) is -0.804. The number of aromatic carboxylic acids is 1. The molecule has 2 heterocycles. The zero-order chi connectivity index (χ0) is 12.3. The number of ether oxygens (including phenoxy) is 1. The van der Waals surface area contributed by atoms with Crippen LogP contribution in [0.25, 0.3) is 0 Å². The van der Waals surface area contributed by atoms with E-state index >= 15 is 0 Å². The van der Waals surface area contributed by atoms with Crippen molar-refractivity contribution < 1.29 is 14.6 Å². The minimum Gasteiger partial charge on any atom is -0.476 e. The Morgan fingerprint density at radius 1 is 1.47 bits per heavy atom. The van der Waals surface area contributed by atoms with Crippen LogP contribution in [0, 0.1) is 0 Å². The second-order valence-electron chi connectivity index (χ2n) is 3.15. The number of carboxylic acid groups (broad SMARTS) is 1. The van der Waals surface area contributed by atoms with E-state index in [9.17, 15) is 4.79 Å². The molecule has 2 rings (SSSR count). The smallest absolute Gasteiger partial charge is 0.360 e. The number of carboxylic acids is 1. The number of rotatable bonds is 4. The van der Waals surface area contributed by atoms with Crippen molar-refractivity contribution in [3.05, 3.63) is 30.5 Å².